The van der Waals surface area contributed by atoms with Crippen LogP contribution in [0.4, 0.5) is 5.69 Å². The highest BCUT2D eigenvalue weighted by atomic mass is 32.2. The molecule has 1 amide bonds. The number of para-hydroxylation sites is 1. The number of hydrogen-bond donors (Lipinski definition) is 1. The number of anilines is 1. The van der Waals surface area contributed by atoms with E-state index in [1.54, 1.807) is 4.90 Å². The highest BCUT2D eigenvalue weighted by molar-refractivity contribution is 7.98. The predicted octanol–water partition coefficient (Wildman–Crippen LogP) is 2.68. The van der Waals surface area contributed by atoms with E-state index in [9.17, 15) is 4.79 Å². The third kappa shape index (κ3) is 3.31. The molecule has 2 unspecified atom stereocenters. The third-order valence-corrected chi connectivity index (χ3v) is 4.49. The maximum Gasteiger partial charge on any atom is 0.228 e. The van der Waals surface area contributed by atoms with Crippen LogP contribution in [0.3, 0.4) is 0 Å². The Hall–Kier alpha value is -1.00. The van der Waals surface area contributed by atoms with Crippen LogP contribution in [0.2, 0.25) is 0 Å². The second-order valence-electron chi connectivity index (χ2n) is 5.24. The summed E-state index contributed by atoms with van der Waals surface area (Å²) in [4.78, 5) is 13.8. The molecular formula is C15H22N2OS. The summed E-state index contributed by atoms with van der Waals surface area (Å²) in [7, 11) is 1.85. The molecule has 1 aromatic carbocycles. The summed E-state index contributed by atoms with van der Waals surface area (Å²) in [6.07, 6.45) is 2.68. The molecule has 1 N–H and O–H groups in total. The zero-order valence-corrected chi connectivity index (χ0v) is 12.7. The minimum absolute atomic E-state index is 0.157. The van der Waals surface area contributed by atoms with Gasteiger partial charge in [0.2, 0.25) is 5.91 Å². The lowest BCUT2D eigenvalue weighted by Crippen LogP contribution is -2.39. The minimum atomic E-state index is 0.157. The Labute approximate surface area is 119 Å². The molecule has 104 valence electrons. The van der Waals surface area contributed by atoms with Crippen LogP contribution in [-0.2, 0) is 4.79 Å². The standard InChI is InChI=1S/C15H22N2OS/c1-11(10-19-3)9-16-13-8-15(18)17(2)14-7-5-4-6-12(13)14/h4-7,11,13,16H,8-10H2,1-3H3. The van der Waals surface area contributed by atoms with E-state index in [4.69, 9.17) is 0 Å². The van der Waals surface area contributed by atoms with E-state index in [0.717, 1.165) is 18.0 Å². The van der Waals surface area contributed by atoms with E-state index in [1.807, 2.05) is 37.0 Å². The largest absolute Gasteiger partial charge is 0.315 e. The maximum absolute atomic E-state index is 12.0. The maximum atomic E-state index is 12.0. The predicted molar refractivity (Wildman–Crippen MR) is 82.8 cm³/mol. The molecule has 0 saturated heterocycles. The fourth-order valence-electron chi connectivity index (χ4n) is 2.51. The molecule has 1 aliphatic heterocycles. The van der Waals surface area contributed by atoms with E-state index >= 15 is 0 Å². The molecule has 0 fully saturated rings. The number of carbonyl (C=O) groups excluding carboxylic acids is 1. The lowest BCUT2D eigenvalue weighted by molar-refractivity contribution is -0.119. The third-order valence-electron chi connectivity index (χ3n) is 3.59. The summed E-state index contributed by atoms with van der Waals surface area (Å²) >= 11 is 1.87. The van der Waals surface area contributed by atoms with Gasteiger partial charge in [0.1, 0.15) is 0 Å². The first-order valence-corrected chi connectivity index (χ1v) is 8.10. The van der Waals surface area contributed by atoms with Gasteiger partial charge in [0.25, 0.3) is 0 Å². The molecular weight excluding hydrogens is 256 g/mol. The van der Waals surface area contributed by atoms with Gasteiger partial charge >= 0.3 is 0 Å². The summed E-state index contributed by atoms with van der Waals surface area (Å²) in [5, 5.41) is 3.55. The molecule has 2 rings (SSSR count). The summed E-state index contributed by atoms with van der Waals surface area (Å²) in [5.41, 5.74) is 2.27. The second kappa shape index (κ2) is 6.44. The van der Waals surface area contributed by atoms with Gasteiger partial charge in [-0.15, -0.1) is 0 Å². The molecule has 0 radical (unpaired) electrons. The van der Waals surface area contributed by atoms with Gasteiger partial charge in [-0.1, -0.05) is 25.1 Å². The fourth-order valence-corrected chi connectivity index (χ4v) is 3.20. The summed E-state index contributed by atoms with van der Waals surface area (Å²) in [5.74, 6) is 1.96. The molecule has 3 nitrogen and oxygen atoms in total. The summed E-state index contributed by atoms with van der Waals surface area (Å²) < 4.78 is 0. The van der Waals surface area contributed by atoms with Gasteiger partial charge in [-0.3, -0.25) is 4.79 Å². The van der Waals surface area contributed by atoms with Gasteiger partial charge in [-0.25, -0.2) is 0 Å². The van der Waals surface area contributed by atoms with E-state index in [2.05, 4.69) is 24.6 Å². The SMILES string of the molecule is CSCC(C)CNC1CC(=O)N(C)c2ccccc21. The van der Waals surface area contributed by atoms with Crippen molar-refractivity contribution in [1.29, 1.82) is 0 Å². The Morgan fingerprint density at radius 3 is 2.95 bits per heavy atom. The summed E-state index contributed by atoms with van der Waals surface area (Å²) in [6, 6.07) is 8.33. The highest BCUT2D eigenvalue weighted by Gasteiger charge is 2.28. The van der Waals surface area contributed by atoms with Crippen LogP contribution in [0, 0.1) is 5.92 Å². The Kier molecular flexibility index (Phi) is 4.88. The number of carbonyl (C=O) groups is 1. The number of thioether (sulfide) groups is 1. The number of benzene rings is 1. The van der Waals surface area contributed by atoms with Gasteiger partial charge in [0.15, 0.2) is 0 Å². The molecule has 0 bridgehead atoms. The number of rotatable bonds is 5. The van der Waals surface area contributed by atoms with Gasteiger partial charge in [-0.2, -0.15) is 11.8 Å². The van der Waals surface area contributed by atoms with Crippen molar-refractivity contribution in [1.82, 2.24) is 5.32 Å². The van der Waals surface area contributed by atoms with Crippen LogP contribution in [0.5, 0.6) is 0 Å². The molecule has 2 atom stereocenters. The topological polar surface area (TPSA) is 32.3 Å². The van der Waals surface area contributed by atoms with E-state index in [-0.39, 0.29) is 11.9 Å². The number of hydrogen-bond acceptors (Lipinski definition) is 3. The van der Waals surface area contributed by atoms with Crippen LogP contribution >= 0.6 is 11.8 Å². The zero-order chi connectivity index (χ0) is 13.8. The van der Waals surface area contributed by atoms with Crippen molar-refractivity contribution in [3.63, 3.8) is 0 Å². The zero-order valence-electron chi connectivity index (χ0n) is 11.8. The lowest BCUT2D eigenvalue weighted by atomic mass is 9.96. The number of amides is 1. The van der Waals surface area contributed by atoms with Crippen molar-refractivity contribution >= 4 is 23.4 Å². The molecule has 1 aliphatic rings. The fraction of sp³-hybridized carbons (Fsp3) is 0.533. The molecule has 1 aromatic rings. The molecule has 0 aromatic heterocycles. The quantitative estimate of drug-likeness (QED) is 0.899. The molecule has 1 heterocycles. The Bertz CT molecular complexity index is 450. The van der Waals surface area contributed by atoms with Crippen molar-refractivity contribution in [2.75, 3.05) is 30.5 Å². The van der Waals surface area contributed by atoms with Crippen molar-refractivity contribution in [2.45, 2.75) is 19.4 Å². The normalized spacial score (nSPS) is 20.3. The molecule has 19 heavy (non-hydrogen) atoms. The first-order valence-electron chi connectivity index (χ1n) is 6.71. The van der Waals surface area contributed by atoms with Gasteiger partial charge in [0, 0.05) is 25.2 Å². The van der Waals surface area contributed by atoms with E-state index in [1.165, 1.54) is 5.56 Å². The Morgan fingerprint density at radius 2 is 2.21 bits per heavy atom. The van der Waals surface area contributed by atoms with Crippen molar-refractivity contribution in [3.8, 4) is 0 Å². The number of nitrogens with zero attached hydrogens (tertiary/aromatic N) is 1. The van der Waals surface area contributed by atoms with Crippen LogP contribution in [0.1, 0.15) is 24.9 Å². The van der Waals surface area contributed by atoms with E-state index < -0.39 is 0 Å². The van der Waals surface area contributed by atoms with Crippen LogP contribution in [0.25, 0.3) is 0 Å². The lowest BCUT2D eigenvalue weighted by Gasteiger charge is -2.32. The van der Waals surface area contributed by atoms with Crippen molar-refractivity contribution in [3.05, 3.63) is 29.8 Å². The molecule has 4 heteroatoms. The number of nitrogens with one attached hydrogen (secondary N) is 1. The second-order valence-corrected chi connectivity index (χ2v) is 6.15. The van der Waals surface area contributed by atoms with Gasteiger partial charge < -0.3 is 10.2 Å². The summed E-state index contributed by atoms with van der Waals surface area (Å²) in [6.45, 7) is 3.20. The average Bonchev–Trinajstić information content (AvgIpc) is 2.42. The van der Waals surface area contributed by atoms with Gasteiger partial charge in [0.05, 0.1) is 0 Å². The monoisotopic (exact) mass is 278 g/mol. The first-order chi connectivity index (χ1) is 9.13. The molecule has 0 aliphatic carbocycles. The van der Waals surface area contributed by atoms with Crippen LogP contribution in [-0.4, -0.2) is 31.5 Å². The van der Waals surface area contributed by atoms with Crippen LogP contribution in [0.15, 0.2) is 24.3 Å². The molecule has 0 saturated carbocycles. The Morgan fingerprint density at radius 1 is 1.47 bits per heavy atom. The number of fused-ring (bicyclic) bond motifs is 1. The van der Waals surface area contributed by atoms with Gasteiger partial charge in [-0.05, 0) is 36.1 Å². The van der Waals surface area contributed by atoms with Crippen LogP contribution < -0.4 is 10.2 Å². The Balaban J connectivity index is 2.09. The van der Waals surface area contributed by atoms with E-state index in [0.29, 0.717) is 12.3 Å². The highest BCUT2D eigenvalue weighted by Crippen LogP contribution is 2.33. The van der Waals surface area contributed by atoms with Crippen molar-refractivity contribution < 1.29 is 4.79 Å². The molecule has 0 spiro atoms. The minimum Gasteiger partial charge on any atom is -0.315 e. The smallest absolute Gasteiger partial charge is 0.228 e. The first kappa shape index (κ1) is 14.4. The van der Waals surface area contributed by atoms with Crippen molar-refractivity contribution in [2.24, 2.45) is 5.92 Å². The average molecular weight is 278 g/mol.